The first-order valence-electron chi connectivity index (χ1n) is 8.16. The molecule has 5 heteroatoms. The van der Waals surface area contributed by atoms with Gasteiger partial charge in [-0.3, -0.25) is 4.79 Å². The Morgan fingerprint density at radius 2 is 2.17 bits per heavy atom. The number of nitrogens with one attached hydrogen (secondary N) is 1. The maximum atomic E-state index is 12.4. The van der Waals surface area contributed by atoms with Crippen molar-refractivity contribution < 1.29 is 9.90 Å². The second-order valence-corrected chi connectivity index (χ2v) is 6.36. The highest BCUT2D eigenvalue weighted by atomic mass is 16.3. The van der Waals surface area contributed by atoms with Crippen molar-refractivity contribution in [2.45, 2.75) is 32.6 Å². The molecule has 0 bridgehead atoms. The predicted molar refractivity (Wildman–Crippen MR) is 88.1 cm³/mol. The number of aromatic nitrogens is 2. The number of phenols is 1. The van der Waals surface area contributed by atoms with Gasteiger partial charge in [0.2, 0.25) is 5.91 Å². The molecule has 1 saturated heterocycles. The molecule has 122 valence electrons. The zero-order valence-corrected chi connectivity index (χ0v) is 13.5. The molecule has 0 spiro atoms. The highest BCUT2D eigenvalue weighted by Crippen LogP contribution is 2.22. The van der Waals surface area contributed by atoms with Gasteiger partial charge in [-0.05, 0) is 42.9 Å². The third kappa shape index (κ3) is 3.92. The van der Waals surface area contributed by atoms with Crippen molar-refractivity contribution in [1.29, 1.82) is 0 Å². The fourth-order valence-electron chi connectivity index (χ4n) is 3.12. The van der Waals surface area contributed by atoms with Gasteiger partial charge in [0.1, 0.15) is 11.6 Å². The lowest BCUT2D eigenvalue weighted by atomic mass is 9.93. The van der Waals surface area contributed by atoms with E-state index in [0.29, 0.717) is 12.3 Å². The molecule has 0 radical (unpaired) electrons. The highest BCUT2D eigenvalue weighted by Gasteiger charge is 2.23. The van der Waals surface area contributed by atoms with E-state index in [2.05, 4.69) is 9.97 Å². The average molecular weight is 313 g/mol. The topological polar surface area (TPSA) is 69.2 Å². The van der Waals surface area contributed by atoms with Crippen LogP contribution in [0.2, 0.25) is 0 Å². The molecule has 1 fully saturated rings. The number of phenolic OH excluding ortho intramolecular Hbond substituents is 1. The van der Waals surface area contributed by atoms with Crippen LogP contribution in [-0.4, -0.2) is 39.0 Å². The number of aromatic amines is 1. The Kier molecular flexibility index (Phi) is 4.65. The smallest absolute Gasteiger partial charge is 0.226 e. The SMILES string of the molecule is Cc1ccc(CC(=O)N2CCC(Cc3ncc[nH]3)CC2)cc1O. The molecule has 0 saturated carbocycles. The summed E-state index contributed by atoms with van der Waals surface area (Å²) in [6, 6.07) is 5.46. The first-order chi connectivity index (χ1) is 11.1. The third-order valence-electron chi connectivity index (χ3n) is 4.63. The van der Waals surface area contributed by atoms with Crippen molar-refractivity contribution in [3.8, 4) is 5.75 Å². The Morgan fingerprint density at radius 1 is 1.39 bits per heavy atom. The molecule has 1 aromatic heterocycles. The summed E-state index contributed by atoms with van der Waals surface area (Å²) in [5.41, 5.74) is 1.70. The minimum absolute atomic E-state index is 0.143. The Morgan fingerprint density at radius 3 is 2.83 bits per heavy atom. The third-order valence-corrected chi connectivity index (χ3v) is 4.63. The fraction of sp³-hybridized carbons (Fsp3) is 0.444. The second-order valence-electron chi connectivity index (χ2n) is 6.36. The number of carbonyl (C=O) groups is 1. The number of H-pyrrole nitrogens is 1. The van der Waals surface area contributed by atoms with E-state index in [-0.39, 0.29) is 11.7 Å². The van der Waals surface area contributed by atoms with E-state index >= 15 is 0 Å². The maximum absolute atomic E-state index is 12.4. The zero-order valence-electron chi connectivity index (χ0n) is 13.5. The van der Waals surface area contributed by atoms with E-state index in [1.54, 1.807) is 12.3 Å². The molecule has 23 heavy (non-hydrogen) atoms. The van der Waals surface area contributed by atoms with E-state index < -0.39 is 0 Å². The van der Waals surface area contributed by atoms with Crippen LogP contribution in [0.25, 0.3) is 0 Å². The van der Waals surface area contributed by atoms with Crippen LogP contribution in [0.3, 0.4) is 0 Å². The molecule has 0 unspecified atom stereocenters. The van der Waals surface area contributed by atoms with E-state index in [1.807, 2.05) is 30.2 Å². The van der Waals surface area contributed by atoms with Crippen LogP contribution < -0.4 is 0 Å². The van der Waals surface area contributed by atoms with Gasteiger partial charge in [-0.1, -0.05) is 12.1 Å². The molecular weight excluding hydrogens is 290 g/mol. The van der Waals surface area contributed by atoms with Crippen molar-refractivity contribution >= 4 is 5.91 Å². The van der Waals surface area contributed by atoms with Gasteiger partial charge in [-0.25, -0.2) is 4.98 Å². The van der Waals surface area contributed by atoms with Gasteiger partial charge < -0.3 is 15.0 Å². The molecule has 0 atom stereocenters. The predicted octanol–water partition coefficient (Wildman–Crippen LogP) is 2.45. The van der Waals surface area contributed by atoms with Crippen LogP contribution >= 0.6 is 0 Å². The van der Waals surface area contributed by atoms with Crippen molar-refractivity contribution in [1.82, 2.24) is 14.9 Å². The van der Waals surface area contributed by atoms with Gasteiger partial charge in [-0.2, -0.15) is 0 Å². The van der Waals surface area contributed by atoms with Gasteiger partial charge in [0.25, 0.3) is 0 Å². The Labute approximate surface area is 136 Å². The molecule has 2 heterocycles. The summed E-state index contributed by atoms with van der Waals surface area (Å²) in [5, 5.41) is 9.75. The molecule has 1 aliphatic rings. The number of carbonyl (C=O) groups excluding carboxylic acids is 1. The number of rotatable bonds is 4. The maximum Gasteiger partial charge on any atom is 0.226 e. The molecule has 1 aliphatic heterocycles. The lowest BCUT2D eigenvalue weighted by Crippen LogP contribution is -2.39. The Hall–Kier alpha value is -2.30. The molecular formula is C18H23N3O2. The van der Waals surface area contributed by atoms with E-state index in [4.69, 9.17) is 0 Å². The molecule has 2 aromatic rings. The van der Waals surface area contributed by atoms with Crippen molar-refractivity contribution in [2.75, 3.05) is 13.1 Å². The van der Waals surface area contributed by atoms with Crippen molar-refractivity contribution in [3.05, 3.63) is 47.5 Å². The summed E-state index contributed by atoms with van der Waals surface area (Å²) in [6.45, 7) is 3.47. The van der Waals surface area contributed by atoms with Crippen LogP contribution in [-0.2, 0) is 17.6 Å². The minimum atomic E-state index is 0.143. The number of aryl methyl sites for hydroxylation is 1. The van der Waals surface area contributed by atoms with E-state index in [1.165, 1.54) is 0 Å². The molecule has 0 aliphatic carbocycles. The minimum Gasteiger partial charge on any atom is -0.508 e. The quantitative estimate of drug-likeness (QED) is 0.911. The Balaban J connectivity index is 1.50. The first-order valence-corrected chi connectivity index (χ1v) is 8.16. The van der Waals surface area contributed by atoms with Crippen molar-refractivity contribution in [3.63, 3.8) is 0 Å². The van der Waals surface area contributed by atoms with E-state index in [9.17, 15) is 9.90 Å². The summed E-state index contributed by atoms with van der Waals surface area (Å²) >= 11 is 0. The number of likely N-dealkylation sites (tertiary alicyclic amines) is 1. The fourth-order valence-corrected chi connectivity index (χ4v) is 3.12. The lowest BCUT2D eigenvalue weighted by molar-refractivity contribution is -0.131. The van der Waals surface area contributed by atoms with Crippen LogP contribution in [0.15, 0.2) is 30.6 Å². The van der Waals surface area contributed by atoms with Crippen LogP contribution in [0, 0.1) is 12.8 Å². The molecule has 3 rings (SSSR count). The number of nitrogens with zero attached hydrogens (tertiary/aromatic N) is 2. The number of imidazole rings is 1. The van der Waals surface area contributed by atoms with E-state index in [0.717, 1.165) is 49.3 Å². The van der Waals surface area contributed by atoms with Crippen LogP contribution in [0.1, 0.15) is 29.8 Å². The largest absolute Gasteiger partial charge is 0.508 e. The standard InChI is InChI=1S/C18H23N3O2/c1-13-2-3-15(10-16(13)22)12-18(23)21-8-4-14(5-9-21)11-17-19-6-7-20-17/h2-3,6-7,10,14,22H,4-5,8-9,11-12H2,1H3,(H,19,20). The highest BCUT2D eigenvalue weighted by molar-refractivity contribution is 5.79. The summed E-state index contributed by atoms with van der Waals surface area (Å²) in [7, 11) is 0. The number of hydrogen-bond acceptors (Lipinski definition) is 3. The molecule has 1 amide bonds. The molecule has 2 N–H and O–H groups in total. The molecule has 1 aromatic carbocycles. The summed E-state index contributed by atoms with van der Waals surface area (Å²) in [4.78, 5) is 21.8. The number of aromatic hydroxyl groups is 1. The summed E-state index contributed by atoms with van der Waals surface area (Å²) in [6.07, 6.45) is 6.99. The normalized spacial score (nSPS) is 15.8. The van der Waals surface area contributed by atoms with Gasteiger partial charge in [0.15, 0.2) is 0 Å². The van der Waals surface area contributed by atoms with Crippen LogP contribution in [0.4, 0.5) is 0 Å². The van der Waals surface area contributed by atoms with Crippen LogP contribution in [0.5, 0.6) is 5.75 Å². The second kappa shape index (κ2) is 6.86. The van der Waals surface area contributed by atoms with Gasteiger partial charge in [-0.15, -0.1) is 0 Å². The number of amides is 1. The van der Waals surface area contributed by atoms with Gasteiger partial charge >= 0.3 is 0 Å². The summed E-state index contributed by atoms with van der Waals surface area (Å²) < 4.78 is 0. The van der Waals surface area contributed by atoms with Gasteiger partial charge in [0.05, 0.1) is 6.42 Å². The number of hydrogen-bond donors (Lipinski definition) is 2. The Bertz CT molecular complexity index is 659. The monoisotopic (exact) mass is 313 g/mol. The average Bonchev–Trinajstić information content (AvgIpc) is 3.04. The number of piperidine rings is 1. The summed E-state index contributed by atoms with van der Waals surface area (Å²) in [5.74, 6) is 2.02. The molecule has 5 nitrogen and oxygen atoms in total. The zero-order chi connectivity index (χ0) is 16.2. The first kappa shape index (κ1) is 15.6. The number of benzene rings is 1. The van der Waals surface area contributed by atoms with Gasteiger partial charge in [0, 0.05) is 31.9 Å². The van der Waals surface area contributed by atoms with Crippen molar-refractivity contribution in [2.24, 2.45) is 5.92 Å². The lowest BCUT2D eigenvalue weighted by Gasteiger charge is -2.31.